The van der Waals surface area contributed by atoms with E-state index in [0.717, 1.165) is 17.7 Å². The number of benzene rings is 3. The number of aromatic amines is 1. The number of rotatable bonds is 6. The standard InChI is InChI=1S/C24H19F2N3O2/c1-31-23-17(24(30)27-14-16-5-3-2-4-6-16)9-12-21-22(23)20(28-29-21)11-8-15-7-10-18(25)19(26)13-15/h2-13H,14H2,1H3,(H,27,30)(H,28,29)/b11-8+. The van der Waals surface area contributed by atoms with Gasteiger partial charge in [-0.3, -0.25) is 9.89 Å². The topological polar surface area (TPSA) is 67.0 Å². The second-order valence-corrected chi connectivity index (χ2v) is 6.85. The minimum atomic E-state index is -0.924. The number of hydrogen-bond donors (Lipinski definition) is 2. The molecular weight excluding hydrogens is 400 g/mol. The summed E-state index contributed by atoms with van der Waals surface area (Å²) in [6.45, 7) is 0.384. The van der Waals surface area contributed by atoms with Crippen LogP contribution in [0.25, 0.3) is 23.1 Å². The van der Waals surface area contributed by atoms with Crippen molar-refractivity contribution in [2.45, 2.75) is 6.54 Å². The summed E-state index contributed by atoms with van der Waals surface area (Å²) in [5, 5.41) is 10.6. The molecule has 2 N–H and O–H groups in total. The molecule has 0 saturated carbocycles. The van der Waals surface area contributed by atoms with E-state index in [1.807, 2.05) is 30.3 Å². The number of hydrogen-bond acceptors (Lipinski definition) is 3. The van der Waals surface area contributed by atoms with Gasteiger partial charge in [-0.25, -0.2) is 8.78 Å². The third kappa shape index (κ3) is 4.30. The van der Waals surface area contributed by atoms with Gasteiger partial charge in [-0.2, -0.15) is 5.10 Å². The molecule has 156 valence electrons. The number of halogens is 2. The molecule has 0 spiro atoms. The zero-order chi connectivity index (χ0) is 21.8. The summed E-state index contributed by atoms with van der Waals surface area (Å²) in [4.78, 5) is 12.8. The second kappa shape index (κ2) is 8.79. The molecule has 7 heteroatoms. The van der Waals surface area contributed by atoms with E-state index >= 15 is 0 Å². The number of carbonyl (C=O) groups is 1. The maximum absolute atomic E-state index is 13.5. The van der Waals surface area contributed by atoms with Gasteiger partial charge in [0.25, 0.3) is 5.91 Å². The van der Waals surface area contributed by atoms with Crippen molar-refractivity contribution in [3.05, 3.63) is 94.7 Å². The van der Waals surface area contributed by atoms with Crippen LogP contribution in [0.2, 0.25) is 0 Å². The van der Waals surface area contributed by atoms with E-state index < -0.39 is 11.6 Å². The molecular formula is C24H19F2N3O2. The number of ether oxygens (including phenoxy) is 1. The lowest BCUT2D eigenvalue weighted by atomic mass is 10.1. The monoisotopic (exact) mass is 419 g/mol. The van der Waals surface area contributed by atoms with Crippen molar-refractivity contribution in [2.75, 3.05) is 7.11 Å². The molecule has 1 amide bonds. The fourth-order valence-corrected chi connectivity index (χ4v) is 3.28. The fraction of sp³-hybridized carbons (Fsp3) is 0.0833. The van der Waals surface area contributed by atoms with Crippen molar-refractivity contribution >= 4 is 29.0 Å². The van der Waals surface area contributed by atoms with Gasteiger partial charge < -0.3 is 10.1 Å². The van der Waals surface area contributed by atoms with Gasteiger partial charge >= 0.3 is 0 Å². The molecule has 0 radical (unpaired) electrons. The van der Waals surface area contributed by atoms with Gasteiger partial charge in [0.15, 0.2) is 11.6 Å². The number of carbonyl (C=O) groups excluding carboxylic acids is 1. The van der Waals surface area contributed by atoms with E-state index in [-0.39, 0.29) is 5.91 Å². The summed E-state index contributed by atoms with van der Waals surface area (Å²) < 4.78 is 32.2. The van der Waals surface area contributed by atoms with E-state index in [0.29, 0.717) is 40.0 Å². The van der Waals surface area contributed by atoms with Gasteiger partial charge in [0.1, 0.15) is 5.75 Å². The lowest BCUT2D eigenvalue weighted by Gasteiger charge is -2.11. The quantitative estimate of drug-likeness (QED) is 0.465. The summed E-state index contributed by atoms with van der Waals surface area (Å²) >= 11 is 0. The zero-order valence-corrected chi connectivity index (χ0v) is 16.7. The first-order valence-corrected chi connectivity index (χ1v) is 9.57. The normalized spacial score (nSPS) is 11.2. The highest BCUT2D eigenvalue weighted by Crippen LogP contribution is 2.32. The van der Waals surface area contributed by atoms with Crippen molar-refractivity contribution in [2.24, 2.45) is 0 Å². The van der Waals surface area contributed by atoms with Gasteiger partial charge in [0, 0.05) is 6.54 Å². The molecule has 3 aromatic carbocycles. The van der Waals surface area contributed by atoms with Crippen LogP contribution >= 0.6 is 0 Å². The molecule has 1 heterocycles. The average molecular weight is 419 g/mol. The Kier molecular flexibility index (Phi) is 5.75. The first-order chi connectivity index (χ1) is 15.1. The van der Waals surface area contributed by atoms with Crippen LogP contribution in [0, 0.1) is 11.6 Å². The van der Waals surface area contributed by atoms with Gasteiger partial charge in [0.05, 0.1) is 29.3 Å². The Morgan fingerprint density at radius 3 is 2.61 bits per heavy atom. The number of aromatic nitrogens is 2. The summed E-state index contributed by atoms with van der Waals surface area (Å²) in [7, 11) is 1.48. The number of H-pyrrole nitrogens is 1. The number of amides is 1. The number of nitrogens with zero attached hydrogens (tertiary/aromatic N) is 1. The maximum atomic E-state index is 13.5. The van der Waals surface area contributed by atoms with Crippen LogP contribution in [0.3, 0.4) is 0 Å². The molecule has 31 heavy (non-hydrogen) atoms. The summed E-state index contributed by atoms with van der Waals surface area (Å²) in [6, 6.07) is 16.6. The maximum Gasteiger partial charge on any atom is 0.255 e. The van der Waals surface area contributed by atoms with Gasteiger partial charge in [0.2, 0.25) is 0 Å². The first-order valence-electron chi connectivity index (χ1n) is 9.57. The minimum Gasteiger partial charge on any atom is -0.495 e. The van der Waals surface area contributed by atoms with E-state index in [9.17, 15) is 13.6 Å². The Hall–Kier alpha value is -4.00. The third-order valence-electron chi connectivity index (χ3n) is 4.83. The highest BCUT2D eigenvalue weighted by atomic mass is 19.2. The fourth-order valence-electron chi connectivity index (χ4n) is 3.28. The summed E-state index contributed by atoms with van der Waals surface area (Å²) in [5.41, 5.74) is 3.03. The Morgan fingerprint density at radius 1 is 1.06 bits per heavy atom. The average Bonchev–Trinajstić information content (AvgIpc) is 3.21. The Balaban J connectivity index is 1.65. The molecule has 4 aromatic rings. The predicted octanol–water partition coefficient (Wildman–Crippen LogP) is 4.95. The lowest BCUT2D eigenvalue weighted by molar-refractivity contribution is 0.0948. The minimum absolute atomic E-state index is 0.278. The molecule has 4 rings (SSSR count). The van der Waals surface area contributed by atoms with Crippen molar-refractivity contribution in [3.8, 4) is 5.75 Å². The van der Waals surface area contributed by atoms with E-state index in [1.165, 1.54) is 13.2 Å². The van der Waals surface area contributed by atoms with Crippen LogP contribution in [0.5, 0.6) is 5.75 Å². The molecule has 0 bridgehead atoms. The smallest absolute Gasteiger partial charge is 0.255 e. The molecule has 0 aliphatic rings. The molecule has 0 aliphatic heterocycles. The van der Waals surface area contributed by atoms with Crippen molar-refractivity contribution in [1.82, 2.24) is 15.5 Å². The van der Waals surface area contributed by atoms with Gasteiger partial charge in [-0.05, 0) is 41.5 Å². The molecule has 0 atom stereocenters. The van der Waals surface area contributed by atoms with Crippen LogP contribution in [0.15, 0.2) is 60.7 Å². The molecule has 0 unspecified atom stereocenters. The van der Waals surface area contributed by atoms with E-state index in [2.05, 4.69) is 15.5 Å². The van der Waals surface area contributed by atoms with E-state index in [4.69, 9.17) is 4.74 Å². The Labute approximate surface area is 177 Å². The van der Waals surface area contributed by atoms with E-state index in [1.54, 1.807) is 24.3 Å². The molecule has 0 fully saturated rings. The predicted molar refractivity (Wildman–Crippen MR) is 116 cm³/mol. The molecule has 5 nitrogen and oxygen atoms in total. The van der Waals surface area contributed by atoms with Gasteiger partial charge in [-0.15, -0.1) is 0 Å². The first kappa shape index (κ1) is 20.3. The van der Waals surface area contributed by atoms with Gasteiger partial charge in [-0.1, -0.05) is 42.5 Å². The third-order valence-corrected chi connectivity index (χ3v) is 4.83. The van der Waals surface area contributed by atoms with Crippen LogP contribution in [0.4, 0.5) is 8.78 Å². The lowest BCUT2D eigenvalue weighted by Crippen LogP contribution is -2.23. The largest absolute Gasteiger partial charge is 0.495 e. The van der Waals surface area contributed by atoms with Crippen LogP contribution in [-0.4, -0.2) is 23.2 Å². The van der Waals surface area contributed by atoms with Crippen molar-refractivity contribution in [1.29, 1.82) is 0 Å². The highest BCUT2D eigenvalue weighted by Gasteiger charge is 2.18. The molecule has 0 aliphatic carbocycles. The number of nitrogens with one attached hydrogen (secondary N) is 2. The SMILES string of the molecule is COc1c(C(=O)NCc2ccccc2)ccc2n[nH]c(/C=C/c3ccc(F)c(F)c3)c12. The summed E-state index contributed by atoms with van der Waals surface area (Å²) in [6.07, 6.45) is 3.30. The number of fused-ring (bicyclic) bond motifs is 1. The van der Waals surface area contributed by atoms with Crippen molar-refractivity contribution < 1.29 is 18.3 Å². The molecule has 0 saturated heterocycles. The zero-order valence-electron chi connectivity index (χ0n) is 16.7. The molecule has 1 aromatic heterocycles. The van der Waals surface area contributed by atoms with Crippen molar-refractivity contribution in [3.63, 3.8) is 0 Å². The Bertz CT molecular complexity index is 1270. The summed E-state index contributed by atoms with van der Waals surface area (Å²) in [5.74, 6) is -1.73. The highest BCUT2D eigenvalue weighted by molar-refractivity contribution is 6.05. The Morgan fingerprint density at radius 2 is 1.87 bits per heavy atom. The van der Waals surface area contributed by atoms with Crippen LogP contribution < -0.4 is 10.1 Å². The van der Waals surface area contributed by atoms with Crippen LogP contribution in [0.1, 0.15) is 27.2 Å². The van der Waals surface area contributed by atoms with Crippen LogP contribution in [-0.2, 0) is 6.54 Å². The number of methoxy groups -OCH3 is 1. The second-order valence-electron chi connectivity index (χ2n) is 6.85.